The monoisotopic (exact) mass is 230 g/mol. The Morgan fingerprint density at radius 3 is 2.50 bits per heavy atom. The molecule has 1 radical (unpaired) electrons. The van der Waals surface area contributed by atoms with Gasteiger partial charge < -0.3 is 4.74 Å². The second-order valence-electron chi connectivity index (χ2n) is 3.29. The molecule has 0 aromatic heterocycles. The Morgan fingerprint density at radius 2 is 2.06 bits per heavy atom. The van der Waals surface area contributed by atoms with Crippen LogP contribution in [-0.4, -0.2) is 11.5 Å². The number of benzene rings is 1. The summed E-state index contributed by atoms with van der Waals surface area (Å²) in [7, 11) is 0. The van der Waals surface area contributed by atoms with Gasteiger partial charge in [0, 0.05) is 11.5 Å². The molecule has 0 bridgehead atoms. The molecule has 6 heteroatoms. The van der Waals surface area contributed by atoms with E-state index in [-0.39, 0.29) is 0 Å². The normalized spacial score (nSPS) is 10.9. The Morgan fingerprint density at radius 1 is 1.44 bits per heavy atom. The van der Waals surface area contributed by atoms with Crippen molar-refractivity contribution in [1.82, 2.24) is 0 Å². The zero-order chi connectivity index (χ0) is 12.3. The third-order valence-electron chi connectivity index (χ3n) is 1.94. The van der Waals surface area contributed by atoms with E-state index < -0.39 is 23.0 Å². The smallest absolute Gasteiger partial charge is 0.387 e. The summed E-state index contributed by atoms with van der Waals surface area (Å²) in [5, 5.41) is 10.8. The number of para-hydroxylation sites is 1. The number of rotatable bonds is 4. The number of halogens is 2. The van der Waals surface area contributed by atoms with E-state index in [1.807, 2.05) is 0 Å². The van der Waals surface area contributed by atoms with Gasteiger partial charge in [-0.25, -0.2) is 0 Å². The molecule has 0 N–H and O–H groups in total. The molecule has 16 heavy (non-hydrogen) atoms. The standard InChI is InChI=1S/C10H10F2NO3/c1-6(2)7-4-3-5-8(16-10(11)12)9(7)13(14)15/h3-5,10H,1-2H3. The van der Waals surface area contributed by atoms with Crippen LogP contribution >= 0.6 is 0 Å². The molecule has 87 valence electrons. The van der Waals surface area contributed by atoms with Crippen LogP contribution < -0.4 is 4.74 Å². The zero-order valence-corrected chi connectivity index (χ0v) is 8.74. The maximum absolute atomic E-state index is 12.0. The number of hydrogen-bond acceptors (Lipinski definition) is 3. The molecule has 0 aliphatic rings. The van der Waals surface area contributed by atoms with Gasteiger partial charge in [0.25, 0.3) is 0 Å². The van der Waals surface area contributed by atoms with Gasteiger partial charge in [-0.05, 0) is 6.07 Å². The third kappa shape index (κ3) is 2.65. The van der Waals surface area contributed by atoms with E-state index in [2.05, 4.69) is 4.74 Å². The lowest BCUT2D eigenvalue weighted by Crippen LogP contribution is -2.06. The average molecular weight is 230 g/mol. The topological polar surface area (TPSA) is 52.4 Å². The van der Waals surface area contributed by atoms with Gasteiger partial charge in [-0.3, -0.25) is 10.1 Å². The molecule has 0 spiro atoms. The minimum absolute atomic E-state index is 0.295. The summed E-state index contributed by atoms with van der Waals surface area (Å²) in [6.07, 6.45) is 0. The lowest BCUT2D eigenvalue weighted by Gasteiger charge is -2.10. The molecule has 1 rings (SSSR count). The van der Waals surface area contributed by atoms with Crippen molar-refractivity contribution >= 4 is 5.69 Å². The first-order chi connectivity index (χ1) is 7.43. The number of hydrogen-bond donors (Lipinski definition) is 0. The largest absolute Gasteiger partial charge is 0.427 e. The van der Waals surface area contributed by atoms with Crippen LogP contribution in [0, 0.1) is 16.0 Å². The lowest BCUT2D eigenvalue weighted by atomic mass is 10.0. The molecule has 1 aromatic rings. The highest BCUT2D eigenvalue weighted by molar-refractivity contribution is 5.57. The highest BCUT2D eigenvalue weighted by Crippen LogP contribution is 2.35. The fraction of sp³-hybridized carbons (Fsp3) is 0.300. The molecule has 0 fully saturated rings. The first-order valence-electron chi connectivity index (χ1n) is 4.46. The Labute approximate surface area is 91.0 Å². The van der Waals surface area contributed by atoms with Gasteiger partial charge in [-0.15, -0.1) is 0 Å². The fourth-order valence-electron chi connectivity index (χ4n) is 1.31. The number of nitro benzene ring substituents is 1. The Kier molecular flexibility index (Phi) is 3.76. The molecule has 4 nitrogen and oxygen atoms in total. The van der Waals surface area contributed by atoms with Gasteiger partial charge in [-0.2, -0.15) is 8.78 Å². The van der Waals surface area contributed by atoms with Gasteiger partial charge >= 0.3 is 12.3 Å². The van der Waals surface area contributed by atoms with E-state index in [1.165, 1.54) is 12.1 Å². The predicted molar refractivity (Wildman–Crippen MR) is 53.4 cm³/mol. The van der Waals surface area contributed by atoms with Crippen molar-refractivity contribution in [2.24, 2.45) is 0 Å². The number of alkyl halides is 2. The Hall–Kier alpha value is -1.72. The third-order valence-corrected chi connectivity index (χ3v) is 1.94. The second kappa shape index (κ2) is 4.87. The summed E-state index contributed by atoms with van der Waals surface area (Å²) in [4.78, 5) is 10.1. The molecule has 0 aliphatic heterocycles. The molecule has 0 saturated carbocycles. The predicted octanol–water partition coefficient (Wildman–Crippen LogP) is 3.16. The van der Waals surface area contributed by atoms with E-state index in [0.717, 1.165) is 6.07 Å². The zero-order valence-electron chi connectivity index (χ0n) is 8.74. The van der Waals surface area contributed by atoms with Crippen molar-refractivity contribution in [2.75, 3.05) is 0 Å². The molecule has 0 aliphatic carbocycles. The maximum atomic E-state index is 12.0. The Bertz CT molecular complexity index is 394. The molecule has 0 unspecified atom stereocenters. The summed E-state index contributed by atoms with van der Waals surface area (Å²) in [6.45, 7) is 0.245. The SMILES string of the molecule is C[C](C)c1cccc(OC(F)F)c1[N+](=O)[O-]. The van der Waals surface area contributed by atoms with E-state index in [4.69, 9.17) is 0 Å². The first kappa shape index (κ1) is 12.4. The molecule has 0 atom stereocenters. The highest BCUT2D eigenvalue weighted by atomic mass is 19.3. The van der Waals surface area contributed by atoms with Crippen molar-refractivity contribution < 1.29 is 18.4 Å². The van der Waals surface area contributed by atoms with Crippen molar-refractivity contribution in [3.8, 4) is 5.75 Å². The van der Waals surface area contributed by atoms with Gasteiger partial charge in [0.05, 0.1) is 4.92 Å². The van der Waals surface area contributed by atoms with E-state index >= 15 is 0 Å². The van der Waals surface area contributed by atoms with Crippen LogP contribution in [0.2, 0.25) is 0 Å². The first-order valence-corrected chi connectivity index (χ1v) is 4.46. The number of nitrogens with zero attached hydrogens (tertiary/aromatic N) is 1. The quantitative estimate of drug-likeness (QED) is 0.589. The summed E-state index contributed by atoms with van der Waals surface area (Å²) < 4.78 is 28.2. The Balaban J connectivity index is 3.27. The summed E-state index contributed by atoms with van der Waals surface area (Å²) >= 11 is 0. The van der Waals surface area contributed by atoms with Gasteiger partial charge in [0.1, 0.15) is 0 Å². The van der Waals surface area contributed by atoms with Crippen molar-refractivity contribution in [3.63, 3.8) is 0 Å². The van der Waals surface area contributed by atoms with Crippen LogP contribution in [0.3, 0.4) is 0 Å². The molecule has 0 saturated heterocycles. The highest BCUT2D eigenvalue weighted by Gasteiger charge is 2.24. The van der Waals surface area contributed by atoms with E-state index in [1.54, 1.807) is 13.8 Å². The fourth-order valence-corrected chi connectivity index (χ4v) is 1.31. The summed E-state index contributed by atoms with van der Waals surface area (Å²) in [5.41, 5.74) is -0.133. The van der Waals surface area contributed by atoms with Crippen LogP contribution in [0.4, 0.5) is 14.5 Å². The second-order valence-corrected chi connectivity index (χ2v) is 3.29. The molecule has 1 aromatic carbocycles. The number of nitro groups is 1. The van der Waals surface area contributed by atoms with Gasteiger partial charge in [0.2, 0.25) is 5.75 Å². The summed E-state index contributed by atoms with van der Waals surface area (Å²) in [5.74, 6) is 0.241. The van der Waals surface area contributed by atoms with E-state index in [9.17, 15) is 18.9 Å². The lowest BCUT2D eigenvalue weighted by molar-refractivity contribution is -0.387. The van der Waals surface area contributed by atoms with Crippen LogP contribution in [0.1, 0.15) is 19.4 Å². The minimum atomic E-state index is -3.08. The van der Waals surface area contributed by atoms with Crippen molar-refractivity contribution in [3.05, 3.63) is 39.8 Å². The average Bonchev–Trinajstić information content (AvgIpc) is 2.15. The minimum Gasteiger partial charge on any atom is -0.427 e. The number of ether oxygens (including phenoxy) is 1. The van der Waals surface area contributed by atoms with Crippen LogP contribution in [0.25, 0.3) is 0 Å². The molecule has 0 amide bonds. The van der Waals surface area contributed by atoms with Crippen LogP contribution in [0.15, 0.2) is 18.2 Å². The maximum Gasteiger partial charge on any atom is 0.387 e. The van der Waals surface area contributed by atoms with Crippen LogP contribution in [0.5, 0.6) is 5.75 Å². The van der Waals surface area contributed by atoms with Crippen molar-refractivity contribution in [2.45, 2.75) is 20.5 Å². The summed E-state index contributed by atoms with van der Waals surface area (Å²) in [6, 6.07) is 4.08. The molecular weight excluding hydrogens is 220 g/mol. The van der Waals surface area contributed by atoms with Gasteiger partial charge in [-0.1, -0.05) is 26.0 Å². The van der Waals surface area contributed by atoms with E-state index in [0.29, 0.717) is 11.5 Å². The molecular formula is C10H10F2NO3. The van der Waals surface area contributed by atoms with Crippen molar-refractivity contribution in [1.29, 1.82) is 0 Å². The van der Waals surface area contributed by atoms with Gasteiger partial charge in [0.15, 0.2) is 0 Å². The van der Waals surface area contributed by atoms with Crippen LogP contribution in [-0.2, 0) is 0 Å². The molecule has 0 heterocycles.